The minimum atomic E-state index is -0.600. The van der Waals surface area contributed by atoms with Crippen LogP contribution >= 0.6 is 0 Å². The van der Waals surface area contributed by atoms with E-state index in [4.69, 9.17) is 4.74 Å². The highest BCUT2D eigenvalue weighted by Gasteiger charge is 2.36. The molecule has 9 nitrogen and oxygen atoms in total. The first-order valence-electron chi connectivity index (χ1n) is 12.0. The first kappa shape index (κ1) is 26.7. The topological polar surface area (TPSA) is 108 Å². The molecule has 2 heterocycles. The number of hydrogen-bond acceptors (Lipinski definition) is 7. The van der Waals surface area contributed by atoms with Gasteiger partial charge in [0.2, 0.25) is 11.9 Å². The van der Waals surface area contributed by atoms with E-state index < -0.39 is 17.7 Å². The number of amides is 2. The summed E-state index contributed by atoms with van der Waals surface area (Å²) in [4.78, 5) is 35.2. The Morgan fingerprint density at radius 1 is 1.25 bits per heavy atom. The lowest BCUT2D eigenvalue weighted by Crippen LogP contribution is -2.47. The van der Waals surface area contributed by atoms with E-state index in [0.29, 0.717) is 55.4 Å². The number of ether oxygens (including phenoxy) is 1. The van der Waals surface area contributed by atoms with Crippen LogP contribution in [-0.2, 0) is 9.53 Å². The molecule has 2 aromatic rings. The molecule has 0 saturated carbocycles. The summed E-state index contributed by atoms with van der Waals surface area (Å²) in [7, 11) is 1.74. The molecule has 36 heavy (non-hydrogen) atoms. The molecule has 0 spiro atoms. The molecule has 10 heteroatoms. The number of rotatable bonds is 7. The van der Waals surface area contributed by atoms with E-state index in [9.17, 15) is 14.0 Å². The molecule has 0 radical (unpaired) electrons. The summed E-state index contributed by atoms with van der Waals surface area (Å²) < 4.78 is 18.5. The Morgan fingerprint density at radius 2 is 2.00 bits per heavy atom. The molecule has 1 fully saturated rings. The molecule has 0 bridgehead atoms. The number of aromatic nitrogens is 2. The Hall–Kier alpha value is -3.87. The summed E-state index contributed by atoms with van der Waals surface area (Å²) in [6.45, 7) is 6.40. The van der Waals surface area contributed by atoms with E-state index in [-0.39, 0.29) is 11.7 Å². The summed E-state index contributed by atoms with van der Waals surface area (Å²) in [6, 6.07) is 5.42. The summed E-state index contributed by atoms with van der Waals surface area (Å²) in [6.07, 6.45) is 3.80. The smallest absolute Gasteiger partial charge is 0.410 e. The third kappa shape index (κ3) is 7.83. The van der Waals surface area contributed by atoms with E-state index in [1.54, 1.807) is 25.4 Å². The van der Waals surface area contributed by atoms with Gasteiger partial charge in [-0.1, -0.05) is 11.8 Å². The van der Waals surface area contributed by atoms with Crippen LogP contribution in [0.4, 0.5) is 26.6 Å². The van der Waals surface area contributed by atoms with Gasteiger partial charge in [0, 0.05) is 32.2 Å². The Kier molecular flexibility index (Phi) is 9.06. The van der Waals surface area contributed by atoms with Crippen LogP contribution in [0.1, 0.15) is 52.0 Å². The molecular formula is C26H33FN6O3. The second-order valence-electron chi connectivity index (χ2n) is 9.37. The molecule has 1 aliphatic heterocycles. The van der Waals surface area contributed by atoms with Crippen molar-refractivity contribution in [2.45, 2.75) is 58.1 Å². The normalized spacial score (nSPS) is 15.0. The van der Waals surface area contributed by atoms with Crippen molar-refractivity contribution in [3.05, 3.63) is 41.8 Å². The van der Waals surface area contributed by atoms with Gasteiger partial charge in [-0.2, -0.15) is 4.98 Å². The number of benzene rings is 1. The average molecular weight is 497 g/mol. The molecule has 1 atom stereocenters. The van der Waals surface area contributed by atoms with Crippen LogP contribution < -0.4 is 16.0 Å². The van der Waals surface area contributed by atoms with Crippen LogP contribution in [0.15, 0.2) is 30.5 Å². The van der Waals surface area contributed by atoms with Crippen LogP contribution in [0.3, 0.4) is 0 Å². The van der Waals surface area contributed by atoms with Gasteiger partial charge in [-0.15, -0.1) is 0 Å². The maximum absolute atomic E-state index is 13.1. The van der Waals surface area contributed by atoms with Crippen LogP contribution in [0.25, 0.3) is 0 Å². The maximum atomic E-state index is 13.1. The molecule has 3 N–H and O–H groups in total. The van der Waals surface area contributed by atoms with E-state index in [1.807, 2.05) is 20.8 Å². The van der Waals surface area contributed by atoms with Crippen LogP contribution in [0.2, 0.25) is 0 Å². The number of halogens is 1. The highest BCUT2D eigenvalue weighted by molar-refractivity contribution is 5.86. The summed E-state index contributed by atoms with van der Waals surface area (Å²) in [5, 5.41) is 8.93. The summed E-state index contributed by atoms with van der Waals surface area (Å²) >= 11 is 0. The monoisotopic (exact) mass is 496 g/mol. The number of nitrogens with zero attached hydrogens (tertiary/aromatic N) is 3. The fraction of sp³-hybridized carbons (Fsp3) is 0.462. The van der Waals surface area contributed by atoms with Gasteiger partial charge in [0.05, 0.1) is 11.8 Å². The van der Waals surface area contributed by atoms with Crippen molar-refractivity contribution in [3.63, 3.8) is 0 Å². The lowest BCUT2D eigenvalue weighted by Gasteiger charge is -2.28. The summed E-state index contributed by atoms with van der Waals surface area (Å²) in [5.41, 5.74) is 0.716. The van der Waals surface area contributed by atoms with Crippen LogP contribution in [0, 0.1) is 17.7 Å². The maximum Gasteiger partial charge on any atom is 0.410 e. The van der Waals surface area contributed by atoms with Crippen LogP contribution in [-0.4, -0.2) is 58.6 Å². The number of unbranched alkanes of at least 4 members (excludes halogenated alkanes) is 1. The number of hydrogen-bond donors (Lipinski definition) is 3. The molecule has 192 valence electrons. The quantitative estimate of drug-likeness (QED) is 0.392. The summed E-state index contributed by atoms with van der Waals surface area (Å²) in [5.74, 6) is 6.59. The van der Waals surface area contributed by atoms with Gasteiger partial charge < -0.3 is 20.7 Å². The van der Waals surface area contributed by atoms with Crippen LogP contribution in [0.5, 0.6) is 0 Å². The van der Waals surface area contributed by atoms with Gasteiger partial charge in [0.15, 0.2) is 0 Å². The Labute approximate surface area is 211 Å². The number of carbonyl (C=O) groups excluding carboxylic acids is 2. The first-order valence-corrected chi connectivity index (χ1v) is 12.0. The SMILES string of the molecule is CNc1nc(Nc2ccc(F)cc2)ncc1C#CCCCNC(=O)[C@@H]1CCCN1C(=O)OC(C)(C)C. The molecule has 1 saturated heterocycles. The van der Waals surface area contributed by atoms with Crippen molar-refractivity contribution in [1.29, 1.82) is 0 Å². The fourth-order valence-electron chi connectivity index (χ4n) is 3.63. The highest BCUT2D eigenvalue weighted by atomic mass is 19.1. The molecule has 1 aromatic carbocycles. The predicted octanol–water partition coefficient (Wildman–Crippen LogP) is 4.05. The van der Waals surface area contributed by atoms with E-state index >= 15 is 0 Å². The van der Waals surface area contributed by atoms with E-state index in [1.165, 1.54) is 17.0 Å². The van der Waals surface area contributed by atoms with Crippen molar-refractivity contribution in [3.8, 4) is 11.8 Å². The van der Waals surface area contributed by atoms with Gasteiger partial charge in [0.25, 0.3) is 0 Å². The number of likely N-dealkylation sites (tertiary alicyclic amines) is 1. The molecule has 1 aromatic heterocycles. The van der Waals surface area contributed by atoms with Crippen molar-refractivity contribution in [2.75, 3.05) is 30.8 Å². The lowest BCUT2D eigenvalue weighted by molar-refractivity contribution is -0.125. The minimum Gasteiger partial charge on any atom is -0.444 e. The van der Waals surface area contributed by atoms with Crippen molar-refractivity contribution in [1.82, 2.24) is 20.2 Å². The third-order valence-electron chi connectivity index (χ3n) is 5.31. The van der Waals surface area contributed by atoms with Gasteiger partial charge >= 0.3 is 6.09 Å². The Bertz CT molecular complexity index is 1120. The fourth-order valence-corrected chi connectivity index (χ4v) is 3.63. The van der Waals surface area contributed by atoms with Gasteiger partial charge in [-0.3, -0.25) is 9.69 Å². The molecule has 1 aliphatic rings. The number of carbonyl (C=O) groups is 2. The van der Waals surface area contributed by atoms with Crippen molar-refractivity contribution >= 4 is 29.5 Å². The third-order valence-corrected chi connectivity index (χ3v) is 5.31. The lowest BCUT2D eigenvalue weighted by atomic mass is 10.2. The predicted molar refractivity (Wildman–Crippen MR) is 136 cm³/mol. The van der Waals surface area contributed by atoms with Crippen molar-refractivity contribution < 1.29 is 18.7 Å². The molecular weight excluding hydrogens is 463 g/mol. The van der Waals surface area contributed by atoms with Gasteiger partial charge in [-0.05, 0) is 64.3 Å². The molecule has 0 unspecified atom stereocenters. The largest absolute Gasteiger partial charge is 0.444 e. The van der Waals surface area contributed by atoms with Gasteiger partial charge in [0.1, 0.15) is 23.3 Å². The van der Waals surface area contributed by atoms with E-state index in [2.05, 4.69) is 37.8 Å². The zero-order chi connectivity index (χ0) is 26.1. The number of nitrogens with one attached hydrogen (secondary N) is 3. The van der Waals surface area contributed by atoms with Crippen molar-refractivity contribution in [2.24, 2.45) is 0 Å². The van der Waals surface area contributed by atoms with E-state index in [0.717, 1.165) is 6.42 Å². The Balaban J connectivity index is 1.46. The zero-order valence-corrected chi connectivity index (χ0v) is 21.2. The second kappa shape index (κ2) is 12.2. The molecule has 2 amide bonds. The van der Waals surface area contributed by atoms with Gasteiger partial charge in [-0.25, -0.2) is 14.2 Å². The average Bonchev–Trinajstić information content (AvgIpc) is 3.32. The molecule has 0 aliphatic carbocycles. The molecule has 3 rings (SSSR count). The minimum absolute atomic E-state index is 0.165. The Morgan fingerprint density at radius 3 is 2.69 bits per heavy atom. The number of anilines is 3. The zero-order valence-electron chi connectivity index (χ0n) is 21.2. The standard InChI is InChI=1S/C26H33FN6O3/c1-26(2,3)36-25(35)33-16-8-10-21(33)23(34)29-15-7-5-6-9-18-17-30-24(32-22(18)28-4)31-20-13-11-19(27)12-14-20/h11-14,17,21H,5,7-8,10,15-16H2,1-4H3,(H,29,34)(H2,28,30,31,32)/t21-/m0/s1. The highest BCUT2D eigenvalue weighted by Crippen LogP contribution is 2.21. The first-order chi connectivity index (χ1) is 17.2. The second-order valence-corrected chi connectivity index (χ2v) is 9.37.